The van der Waals surface area contributed by atoms with Crippen LogP contribution in [0, 0.1) is 0 Å². The van der Waals surface area contributed by atoms with Crippen molar-refractivity contribution < 1.29 is 0 Å². The fourth-order valence-electron chi connectivity index (χ4n) is 5.52. The molecule has 0 aliphatic carbocycles. The molecule has 0 fully saturated rings. The third-order valence-corrected chi connectivity index (χ3v) is 17.1. The summed E-state index contributed by atoms with van der Waals surface area (Å²) in [6, 6.07) is 38.5. The summed E-state index contributed by atoms with van der Waals surface area (Å²) in [7, 11) is 0. The fourth-order valence-corrected chi connectivity index (χ4v) is 13.2. The summed E-state index contributed by atoms with van der Waals surface area (Å²) >= 11 is 4.70. The summed E-state index contributed by atoms with van der Waals surface area (Å²) in [5, 5.41) is 1.04. The van der Waals surface area contributed by atoms with Gasteiger partial charge in [0, 0.05) is 0 Å². The Balaban J connectivity index is 2.16. The van der Waals surface area contributed by atoms with E-state index in [4.69, 9.17) is 15.5 Å². The van der Waals surface area contributed by atoms with Crippen LogP contribution < -0.4 is 15.9 Å². The molecule has 4 aromatic rings. The second-order valence-corrected chi connectivity index (χ2v) is 19.9. The van der Waals surface area contributed by atoms with E-state index < -0.39 is 5.31 Å². The molecule has 0 radical (unpaired) electrons. The second kappa shape index (κ2) is 10.6. The van der Waals surface area contributed by atoms with E-state index in [1.807, 2.05) is 0 Å². The third-order valence-electron chi connectivity index (χ3n) is 7.59. The summed E-state index contributed by atoms with van der Waals surface area (Å²) < 4.78 is 0. The van der Waals surface area contributed by atoms with Gasteiger partial charge in [-0.1, -0.05) is 0 Å². The summed E-state index contributed by atoms with van der Waals surface area (Å²) in [5.41, 5.74) is 5.93. The molecular weight excluding hydrogens is 519 g/mol. The van der Waals surface area contributed by atoms with Gasteiger partial charge >= 0.3 is 228 Å². The number of halogens is 1. The molecule has 0 amide bonds. The molecular formula is C34H40BrP. The van der Waals surface area contributed by atoms with Crippen LogP contribution in [0.5, 0.6) is 0 Å². The Morgan fingerprint density at radius 2 is 0.861 bits per heavy atom. The van der Waals surface area contributed by atoms with Gasteiger partial charge in [0.15, 0.2) is 0 Å². The van der Waals surface area contributed by atoms with Crippen LogP contribution in [-0.2, 0) is 6.16 Å². The van der Waals surface area contributed by atoms with E-state index in [-0.39, 0.29) is 0 Å². The summed E-state index contributed by atoms with van der Waals surface area (Å²) in [6.45, 7) is 14.0. The van der Waals surface area contributed by atoms with Crippen molar-refractivity contribution in [3.63, 3.8) is 0 Å². The van der Waals surface area contributed by atoms with E-state index in [9.17, 15) is 0 Å². The van der Waals surface area contributed by atoms with Gasteiger partial charge in [-0.25, -0.2) is 0 Å². The molecule has 4 rings (SSSR count). The van der Waals surface area contributed by atoms with Crippen molar-refractivity contribution >= 4 is 36.7 Å². The SMILES string of the molecule is CC(C)c1cc(C(C)C)c(CP(Br)(c2ccccc2)(c2ccccc2)c2ccccc2)c(C(C)C)c1. The average Bonchev–Trinajstić information content (AvgIpc) is 2.90. The number of hydrogen-bond donors (Lipinski definition) is 0. The molecule has 0 aromatic heterocycles. The minimum absolute atomic E-state index is 0.444. The predicted octanol–water partition coefficient (Wildman–Crippen LogP) is 9.40. The number of rotatable bonds is 8. The van der Waals surface area contributed by atoms with E-state index in [1.54, 1.807) is 0 Å². The van der Waals surface area contributed by atoms with Crippen molar-refractivity contribution in [2.45, 2.75) is 65.5 Å². The molecule has 0 nitrogen and oxygen atoms in total. The average molecular weight is 560 g/mol. The zero-order valence-electron chi connectivity index (χ0n) is 22.6. The first-order valence-electron chi connectivity index (χ1n) is 13.2. The Hall–Kier alpha value is -2.21. The number of benzene rings is 4. The summed E-state index contributed by atoms with van der Waals surface area (Å²) in [5.74, 6) is 1.39. The van der Waals surface area contributed by atoms with Crippen molar-refractivity contribution in [3.8, 4) is 0 Å². The van der Waals surface area contributed by atoms with Crippen LogP contribution in [0.1, 0.15) is 81.5 Å². The van der Waals surface area contributed by atoms with Gasteiger partial charge in [-0.3, -0.25) is 0 Å². The van der Waals surface area contributed by atoms with Crippen molar-refractivity contribution in [2.24, 2.45) is 0 Å². The predicted molar refractivity (Wildman–Crippen MR) is 166 cm³/mol. The Morgan fingerprint density at radius 1 is 0.528 bits per heavy atom. The molecule has 0 saturated heterocycles. The van der Waals surface area contributed by atoms with Gasteiger partial charge in [0.25, 0.3) is 0 Å². The molecule has 36 heavy (non-hydrogen) atoms. The zero-order valence-corrected chi connectivity index (χ0v) is 25.1. The molecule has 0 bridgehead atoms. The van der Waals surface area contributed by atoms with Crippen LogP contribution in [0.25, 0.3) is 0 Å². The van der Waals surface area contributed by atoms with Gasteiger partial charge in [0.2, 0.25) is 0 Å². The molecule has 2 heteroatoms. The Morgan fingerprint density at radius 3 is 1.14 bits per heavy atom. The van der Waals surface area contributed by atoms with Gasteiger partial charge in [-0.2, -0.15) is 0 Å². The standard InChI is InChI=1S/C34H40BrP/c1-25(2)28-22-32(26(3)4)34(33(23-28)27(5)6)24-36(35,29-16-10-7-11-17-29,30-18-12-8-13-19-30)31-20-14-9-15-21-31/h7-23,25-27H,24H2,1-6H3. The maximum atomic E-state index is 4.70. The third kappa shape index (κ3) is 4.73. The first-order chi connectivity index (χ1) is 17.2. The van der Waals surface area contributed by atoms with Crippen LogP contribution in [-0.4, -0.2) is 0 Å². The summed E-state index contributed by atoms with van der Waals surface area (Å²) in [6.07, 6.45) is 0.947. The Kier molecular flexibility index (Phi) is 7.94. The second-order valence-electron chi connectivity index (χ2n) is 11.0. The van der Waals surface area contributed by atoms with Crippen LogP contribution in [0.4, 0.5) is 0 Å². The van der Waals surface area contributed by atoms with Crippen molar-refractivity contribution in [1.82, 2.24) is 0 Å². The van der Waals surface area contributed by atoms with Gasteiger partial charge < -0.3 is 0 Å². The van der Waals surface area contributed by atoms with Gasteiger partial charge in [0.1, 0.15) is 0 Å². The molecule has 4 aromatic carbocycles. The zero-order chi connectivity index (χ0) is 25.9. The molecule has 0 N–H and O–H groups in total. The molecule has 0 aliphatic heterocycles. The maximum absolute atomic E-state index is 4.70. The van der Waals surface area contributed by atoms with E-state index >= 15 is 0 Å². The molecule has 0 atom stereocenters. The van der Waals surface area contributed by atoms with E-state index in [0.717, 1.165) is 6.16 Å². The first-order valence-corrected chi connectivity index (χ1v) is 17.7. The Bertz CT molecular complexity index is 1160. The van der Waals surface area contributed by atoms with Gasteiger partial charge in [-0.15, -0.1) is 0 Å². The molecule has 0 spiro atoms. The van der Waals surface area contributed by atoms with Gasteiger partial charge in [-0.05, 0) is 0 Å². The van der Waals surface area contributed by atoms with E-state index in [0.29, 0.717) is 17.8 Å². The molecule has 188 valence electrons. The van der Waals surface area contributed by atoms with Crippen LogP contribution in [0.15, 0.2) is 103 Å². The minimum atomic E-state index is -3.08. The van der Waals surface area contributed by atoms with Crippen molar-refractivity contribution in [2.75, 3.05) is 0 Å². The quantitative estimate of drug-likeness (QED) is 0.189. The van der Waals surface area contributed by atoms with Crippen LogP contribution >= 0.6 is 20.8 Å². The van der Waals surface area contributed by atoms with Gasteiger partial charge in [0.05, 0.1) is 0 Å². The summed E-state index contributed by atoms with van der Waals surface area (Å²) in [4.78, 5) is 0. The van der Waals surface area contributed by atoms with Crippen molar-refractivity contribution in [3.05, 3.63) is 125 Å². The monoisotopic (exact) mass is 558 g/mol. The number of hydrogen-bond acceptors (Lipinski definition) is 0. The normalized spacial score (nSPS) is 13.2. The molecule has 0 heterocycles. The molecule has 0 aliphatic rings. The van der Waals surface area contributed by atoms with Crippen molar-refractivity contribution in [1.29, 1.82) is 0 Å². The van der Waals surface area contributed by atoms with E-state index in [1.165, 1.54) is 38.2 Å². The Labute approximate surface area is 226 Å². The fraction of sp³-hybridized carbons (Fsp3) is 0.294. The topological polar surface area (TPSA) is 0 Å². The van der Waals surface area contributed by atoms with E-state index in [2.05, 4.69) is 145 Å². The molecule has 0 saturated carbocycles. The first kappa shape index (κ1) is 26.8. The molecule has 0 unspecified atom stereocenters. The van der Waals surface area contributed by atoms with Crippen LogP contribution in [0.2, 0.25) is 0 Å². The van der Waals surface area contributed by atoms with Crippen LogP contribution in [0.3, 0.4) is 0 Å².